The van der Waals surface area contributed by atoms with Crippen molar-refractivity contribution in [2.45, 2.75) is 38.1 Å². The van der Waals surface area contributed by atoms with Crippen LogP contribution in [0.25, 0.3) is 6.08 Å². The number of phenolic OH excluding ortho intramolecular Hbond substituents is 2. The molecule has 2 N–H and O–H groups in total. The first kappa shape index (κ1) is 15.8. The molecule has 23 heavy (non-hydrogen) atoms. The third-order valence-corrected chi connectivity index (χ3v) is 5.01. The average molecular weight is 332 g/mol. The average Bonchev–Trinajstić information content (AvgIpc) is 2.74. The molecule has 0 spiro atoms. The zero-order valence-corrected chi connectivity index (χ0v) is 13.8. The Balaban J connectivity index is 1.92. The molecular weight excluding hydrogens is 312 g/mol. The number of nitrogens with zero attached hydrogens (tertiary/aromatic N) is 2. The lowest BCUT2D eigenvalue weighted by Crippen LogP contribution is -2.41. The van der Waals surface area contributed by atoms with Gasteiger partial charge in [0.05, 0.1) is 0 Å². The molecule has 6 heteroatoms. The highest BCUT2D eigenvalue weighted by molar-refractivity contribution is 7.80. The summed E-state index contributed by atoms with van der Waals surface area (Å²) in [7, 11) is 1.77. The smallest absolute Gasteiger partial charge is 0.277 e. The van der Waals surface area contributed by atoms with E-state index in [1.54, 1.807) is 29.0 Å². The molecule has 1 aliphatic carbocycles. The molecule has 1 amide bonds. The van der Waals surface area contributed by atoms with Crippen LogP contribution in [0.15, 0.2) is 23.9 Å². The minimum atomic E-state index is -0.114. The molecule has 0 unspecified atom stereocenters. The van der Waals surface area contributed by atoms with Crippen molar-refractivity contribution >= 4 is 29.3 Å². The quantitative estimate of drug-likeness (QED) is 0.644. The first-order valence-electron chi connectivity index (χ1n) is 7.84. The molecule has 1 heterocycles. The largest absolute Gasteiger partial charge is 0.508 e. The molecule has 0 bridgehead atoms. The summed E-state index contributed by atoms with van der Waals surface area (Å²) in [4.78, 5) is 16.2. The summed E-state index contributed by atoms with van der Waals surface area (Å²) in [5.41, 5.74) is 0.924. The van der Waals surface area contributed by atoms with Crippen molar-refractivity contribution in [3.63, 3.8) is 0 Å². The molecule has 1 aliphatic heterocycles. The molecule has 0 atom stereocenters. The van der Waals surface area contributed by atoms with Gasteiger partial charge in [-0.3, -0.25) is 9.69 Å². The van der Waals surface area contributed by atoms with E-state index in [2.05, 4.69) is 0 Å². The number of aromatic hydroxyl groups is 2. The Morgan fingerprint density at radius 1 is 1.22 bits per heavy atom. The molecule has 1 saturated heterocycles. The molecule has 0 radical (unpaired) electrons. The van der Waals surface area contributed by atoms with Crippen LogP contribution in [-0.4, -0.2) is 44.1 Å². The maximum absolute atomic E-state index is 12.8. The van der Waals surface area contributed by atoms with E-state index in [4.69, 9.17) is 12.2 Å². The van der Waals surface area contributed by atoms with Gasteiger partial charge in [0, 0.05) is 24.7 Å². The number of likely N-dealkylation sites (N-methyl/N-ethyl adjacent to an activating group) is 1. The monoisotopic (exact) mass is 332 g/mol. The molecule has 3 rings (SSSR count). The van der Waals surface area contributed by atoms with Crippen LogP contribution in [0.2, 0.25) is 0 Å². The van der Waals surface area contributed by atoms with Crippen LogP contribution in [0.4, 0.5) is 0 Å². The van der Waals surface area contributed by atoms with Gasteiger partial charge in [-0.1, -0.05) is 19.3 Å². The summed E-state index contributed by atoms with van der Waals surface area (Å²) in [6.07, 6.45) is 7.05. The first-order valence-corrected chi connectivity index (χ1v) is 8.25. The topological polar surface area (TPSA) is 64.0 Å². The van der Waals surface area contributed by atoms with Crippen molar-refractivity contribution in [2.24, 2.45) is 0 Å². The van der Waals surface area contributed by atoms with Crippen LogP contribution in [0.3, 0.4) is 0 Å². The molecule has 1 aromatic carbocycles. The van der Waals surface area contributed by atoms with Crippen LogP contribution < -0.4 is 0 Å². The number of phenols is 2. The van der Waals surface area contributed by atoms with E-state index in [0.717, 1.165) is 25.7 Å². The van der Waals surface area contributed by atoms with Gasteiger partial charge in [0.1, 0.15) is 17.2 Å². The summed E-state index contributed by atoms with van der Waals surface area (Å²) in [6, 6.07) is 4.47. The standard InChI is InChI=1S/C17H20N2O3S/c1-18-14(9-11-7-8-13(20)10-15(11)21)16(22)19(17(18)23)12-5-3-2-4-6-12/h7-10,12,20-21H,2-6H2,1H3. The van der Waals surface area contributed by atoms with E-state index in [1.165, 1.54) is 18.6 Å². The molecule has 122 valence electrons. The van der Waals surface area contributed by atoms with E-state index in [0.29, 0.717) is 16.4 Å². The van der Waals surface area contributed by atoms with Crippen LogP contribution in [-0.2, 0) is 4.79 Å². The van der Waals surface area contributed by atoms with Gasteiger partial charge >= 0.3 is 0 Å². The van der Waals surface area contributed by atoms with E-state index in [1.807, 2.05) is 0 Å². The fourth-order valence-corrected chi connectivity index (χ4v) is 3.57. The van der Waals surface area contributed by atoms with Gasteiger partial charge in [-0.25, -0.2) is 0 Å². The number of carbonyl (C=O) groups excluding carboxylic acids is 1. The van der Waals surface area contributed by atoms with Crippen molar-refractivity contribution in [3.05, 3.63) is 29.5 Å². The van der Waals surface area contributed by atoms with Gasteiger partial charge in [0.15, 0.2) is 5.11 Å². The third-order valence-electron chi connectivity index (χ3n) is 4.54. The number of amides is 1. The molecule has 5 nitrogen and oxygen atoms in total. The highest BCUT2D eigenvalue weighted by Crippen LogP contribution is 2.32. The number of carbonyl (C=O) groups is 1. The van der Waals surface area contributed by atoms with Crippen LogP contribution in [0.5, 0.6) is 11.5 Å². The predicted molar refractivity (Wildman–Crippen MR) is 91.8 cm³/mol. The Bertz CT molecular complexity index is 680. The molecule has 1 saturated carbocycles. The Hall–Kier alpha value is -2.08. The number of hydrogen-bond acceptors (Lipinski definition) is 4. The van der Waals surface area contributed by atoms with E-state index in [-0.39, 0.29) is 23.4 Å². The lowest BCUT2D eigenvalue weighted by atomic mass is 9.94. The van der Waals surface area contributed by atoms with E-state index < -0.39 is 0 Å². The SMILES string of the molecule is CN1C(=S)N(C2CCCCC2)C(=O)C1=Cc1ccc(O)cc1O. The van der Waals surface area contributed by atoms with Crippen molar-refractivity contribution in [3.8, 4) is 11.5 Å². The minimum absolute atomic E-state index is 0.0184. The summed E-state index contributed by atoms with van der Waals surface area (Å²) < 4.78 is 0. The maximum atomic E-state index is 12.8. The highest BCUT2D eigenvalue weighted by Gasteiger charge is 2.40. The van der Waals surface area contributed by atoms with Crippen LogP contribution >= 0.6 is 12.2 Å². The molecule has 2 fully saturated rings. The van der Waals surface area contributed by atoms with E-state index >= 15 is 0 Å². The van der Waals surface area contributed by atoms with Gasteiger partial charge in [0.25, 0.3) is 5.91 Å². The number of benzene rings is 1. The fraction of sp³-hybridized carbons (Fsp3) is 0.412. The van der Waals surface area contributed by atoms with Crippen molar-refractivity contribution in [1.82, 2.24) is 9.80 Å². The lowest BCUT2D eigenvalue weighted by molar-refractivity contribution is -0.124. The van der Waals surface area contributed by atoms with Gasteiger partial charge in [-0.2, -0.15) is 0 Å². The van der Waals surface area contributed by atoms with Crippen molar-refractivity contribution < 1.29 is 15.0 Å². The summed E-state index contributed by atoms with van der Waals surface area (Å²) in [5.74, 6) is -0.201. The predicted octanol–water partition coefficient (Wildman–Crippen LogP) is 2.83. The molecule has 1 aromatic rings. The Labute approximate surface area is 140 Å². The normalized spacial score (nSPS) is 21.5. The number of thiocarbonyl (C=S) groups is 1. The number of hydrogen-bond donors (Lipinski definition) is 2. The molecule has 2 aliphatic rings. The third kappa shape index (κ3) is 2.91. The second kappa shape index (κ2) is 6.20. The zero-order valence-electron chi connectivity index (χ0n) is 13.0. The fourth-order valence-electron chi connectivity index (χ4n) is 3.24. The molecule has 0 aromatic heterocycles. The van der Waals surface area contributed by atoms with Crippen LogP contribution in [0, 0.1) is 0 Å². The molecular formula is C17H20N2O3S. The van der Waals surface area contributed by atoms with Gasteiger partial charge in [-0.15, -0.1) is 0 Å². The van der Waals surface area contributed by atoms with Gasteiger partial charge in [-0.05, 0) is 43.3 Å². The van der Waals surface area contributed by atoms with Crippen molar-refractivity contribution in [1.29, 1.82) is 0 Å². The summed E-state index contributed by atoms with van der Waals surface area (Å²) in [5, 5.41) is 19.8. The second-order valence-electron chi connectivity index (χ2n) is 6.08. The first-order chi connectivity index (χ1) is 11.0. The Morgan fingerprint density at radius 2 is 1.91 bits per heavy atom. The highest BCUT2D eigenvalue weighted by atomic mass is 32.1. The Kier molecular flexibility index (Phi) is 4.26. The summed E-state index contributed by atoms with van der Waals surface area (Å²) in [6.45, 7) is 0. The minimum Gasteiger partial charge on any atom is -0.508 e. The zero-order chi connectivity index (χ0) is 16.6. The Morgan fingerprint density at radius 3 is 2.57 bits per heavy atom. The number of rotatable bonds is 2. The van der Waals surface area contributed by atoms with Gasteiger partial charge in [0.2, 0.25) is 0 Å². The van der Waals surface area contributed by atoms with Gasteiger partial charge < -0.3 is 15.1 Å². The van der Waals surface area contributed by atoms with E-state index in [9.17, 15) is 15.0 Å². The van der Waals surface area contributed by atoms with Crippen molar-refractivity contribution in [2.75, 3.05) is 7.05 Å². The summed E-state index contributed by atoms with van der Waals surface area (Å²) >= 11 is 5.46. The maximum Gasteiger partial charge on any atom is 0.277 e. The lowest BCUT2D eigenvalue weighted by Gasteiger charge is -2.30. The van der Waals surface area contributed by atoms with Crippen LogP contribution in [0.1, 0.15) is 37.7 Å². The second-order valence-corrected chi connectivity index (χ2v) is 6.45.